The Morgan fingerprint density at radius 2 is 1.81 bits per heavy atom. The molecule has 1 amide bonds. The minimum atomic E-state index is -1.08. The number of carbonyl (C=O) groups excluding carboxylic acids is 1. The molecule has 2 rings (SSSR count). The van der Waals surface area contributed by atoms with E-state index < -0.39 is 5.60 Å². The van der Waals surface area contributed by atoms with Crippen LogP contribution < -0.4 is 5.32 Å². The molecule has 1 aliphatic carbocycles. The topological polar surface area (TPSA) is 49.3 Å². The number of rotatable bonds is 2. The molecule has 1 saturated heterocycles. The van der Waals surface area contributed by atoms with Gasteiger partial charge in [-0.2, -0.15) is 11.8 Å². The number of aliphatic hydroxyl groups is 1. The highest BCUT2D eigenvalue weighted by molar-refractivity contribution is 7.99. The Morgan fingerprint density at radius 1 is 1.19 bits per heavy atom. The lowest BCUT2D eigenvalue weighted by Gasteiger charge is -2.33. The zero-order valence-corrected chi connectivity index (χ0v) is 10.5. The van der Waals surface area contributed by atoms with Crippen LogP contribution in [0, 0.1) is 0 Å². The highest BCUT2D eigenvalue weighted by atomic mass is 32.2. The summed E-state index contributed by atoms with van der Waals surface area (Å²) < 4.78 is 0. The first-order valence-corrected chi connectivity index (χ1v) is 7.47. The summed E-state index contributed by atoms with van der Waals surface area (Å²) in [6.45, 7) is 0. The van der Waals surface area contributed by atoms with E-state index >= 15 is 0 Å². The van der Waals surface area contributed by atoms with Crippen LogP contribution in [0.5, 0.6) is 0 Å². The molecule has 0 atom stereocenters. The van der Waals surface area contributed by atoms with Gasteiger partial charge in [-0.1, -0.05) is 19.3 Å². The van der Waals surface area contributed by atoms with Crippen LogP contribution in [0.25, 0.3) is 0 Å². The average Bonchev–Trinajstić information content (AvgIpc) is 2.31. The van der Waals surface area contributed by atoms with Gasteiger partial charge in [-0.05, 0) is 37.2 Å². The van der Waals surface area contributed by atoms with Crippen LogP contribution in [-0.2, 0) is 4.79 Å². The molecule has 0 aromatic rings. The molecule has 0 aromatic heterocycles. The highest BCUT2D eigenvalue weighted by Gasteiger charge is 2.38. The Labute approximate surface area is 101 Å². The fourth-order valence-corrected chi connectivity index (χ4v) is 3.67. The molecule has 4 heteroatoms. The van der Waals surface area contributed by atoms with Crippen LogP contribution in [0.4, 0.5) is 0 Å². The molecule has 2 aliphatic rings. The normalized spacial score (nSPS) is 26.3. The Hall–Kier alpha value is -0.220. The summed E-state index contributed by atoms with van der Waals surface area (Å²) >= 11 is 1.82. The van der Waals surface area contributed by atoms with Gasteiger partial charge in [0.25, 0.3) is 5.91 Å². The minimum Gasteiger partial charge on any atom is -0.380 e. The van der Waals surface area contributed by atoms with Gasteiger partial charge in [0, 0.05) is 6.04 Å². The van der Waals surface area contributed by atoms with Gasteiger partial charge in [-0.3, -0.25) is 4.79 Å². The second-order valence-corrected chi connectivity index (χ2v) is 6.18. The first-order valence-electron chi connectivity index (χ1n) is 6.32. The number of hydrogen-bond donors (Lipinski definition) is 2. The Bertz CT molecular complexity index is 245. The van der Waals surface area contributed by atoms with Crippen molar-refractivity contribution in [2.45, 2.75) is 56.6 Å². The average molecular weight is 243 g/mol. The van der Waals surface area contributed by atoms with Crippen molar-refractivity contribution in [1.29, 1.82) is 0 Å². The van der Waals surface area contributed by atoms with E-state index in [0.717, 1.165) is 24.3 Å². The van der Waals surface area contributed by atoms with Crippen molar-refractivity contribution in [2.75, 3.05) is 11.5 Å². The van der Waals surface area contributed by atoms with Gasteiger partial charge in [0.2, 0.25) is 0 Å². The molecule has 2 N–H and O–H groups in total. The molecule has 1 saturated carbocycles. The Balaban J connectivity index is 1.85. The van der Waals surface area contributed by atoms with E-state index in [-0.39, 0.29) is 5.91 Å². The fourth-order valence-electron chi connectivity index (χ4n) is 2.50. The number of thioether (sulfide) groups is 1. The molecule has 0 bridgehead atoms. The molecular weight excluding hydrogens is 222 g/mol. The standard InChI is InChI=1S/C12H21NO2S/c14-11(12(15)6-8-16-9-7-12)13-10-4-2-1-3-5-10/h10,15H,1-9H2,(H,13,14). The largest absolute Gasteiger partial charge is 0.380 e. The first-order chi connectivity index (χ1) is 7.71. The summed E-state index contributed by atoms with van der Waals surface area (Å²) in [5.74, 6) is 1.67. The van der Waals surface area contributed by atoms with Gasteiger partial charge in [-0.25, -0.2) is 0 Å². The van der Waals surface area contributed by atoms with E-state index in [9.17, 15) is 9.90 Å². The van der Waals surface area contributed by atoms with Gasteiger partial charge in [0.05, 0.1) is 0 Å². The van der Waals surface area contributed by atoms with Crippen LogP contribution in [0.2, 0.25) is 0 Å². The van der Waals surface area contributed by atoms with E-state index in [0.29, 0.717) is 18.9 Å². The number of carbonyl (C=O) groups is 1. The molecule has 0 spiro atoms. The summed E-state index contributed by atoms with van der Waals surface area (Å²) in [7, 11) is 0. The molecule has 0 aromatic carbocycles. The summed E-state index contributed by atoms with van der Waals surface area (Å²) in [6.07, 6.45) is 7.07. The van der Waals surface area contributed by atoms with Crippen LogP contribution in [0.3, 0.4) is 0 Å². The summed E-state index contributed by atoms with van der Waals surface area (Å²) in [5, 5.41) is 13.3. The quantitative estimate of drug-likeness (QED) is 0.776. The van der Waals surface area contributed by atoms with Crippen molar-refractivity contribution in [2.24, 2.45) is 0 Å². The van der Waals surface area contributed by atoms with Crippen molar-refractivity contribution in [3.63, 3.8) is 0 Å². The third-order valence-corrected chi connectivity index (χ3v) is 4.67. The molecule has 1 heterocycles. The lowest BCUT2D eigenvalue weighted by Crippen LogP contribution is -2.52. The smallest absolute Gasteiger partial charge is 0.252 e. The zero-order valence-electron chi connectivity index (χ0n) is 9.71. The monoisotopic (exact) mass is 243 g/mol. The third kappa shape index (κ3) is 2.92. The van der Waals surface area contributed by atoms with Crippen LogP contribution in [0.1, 0.15) is 44.9 Å². The van der Waals surface area contributed by atoms with Gasteiger partial charge in [0.1, 0.15) is 5.60 Å². The molecule has 1 aliphatic heterocycles. The molecular formula is C12H21NO2S. The van der Waals surface area contributed by atoms with Gasteiger partial charge in [-0.15, -0.1) is 0 Å². The zero-order chi connectivity index (χ0) is 11.4. The van der Waals surface area contributed by atoms with Crippen molar-refractivity contribution >= 4 is 17.7 Å². The summed E-state index contributed by atoms with van der Waals surface area (Å²) in [6, 6.07) is 0.305. The second-order valence-electron chi connectivity index (χ2n) is 4.95. The third-order valence-electron chi connectivity index (χ3n) is 3.68. The maximum absolute atomic E-state index is 12.0. The van der Waals surface area contributed by atoms with E-state index in [4.69, 9.17) is 0 Å². The van der Waals surface area contributed by atoms with Crippen molar-refractivity contribution in [3.05, 3.63) is 0 Å². The van der Waals surface area contributed by atoms with Gasteiger partial charge >= 0.3 is 0 Å². The lowest BCUT2D eigenvalue weighted by molar-refractivity contribution is -0.141. The predicted molar refractivity (Wildman–Crippen MR) is 66.5 cm³/mol. The lowest BCUT2D eigenvalue weighted by atomic mass is 9.92. The van der Waals surface area contributed by atoms with E-state index in [1.165, 1.54) is 19.3 Å². The van der Waals surface area contributed by atoms with E-state index in [1.54, 1.807) is 0 Å². The van der Waals surface area contributed by atoms with Crippen LogP contribution >= 0.6 is 11.8 Å². The van der Waals surface area contributed by atoms with E-state index in [2.05, 4.69) is 5.32 Å². The number of nitrogens with one attached hydrogen (secondary N) is 1. The molecule has 92 valence electrons. The Morgan fingerprint density at radius 3 is 2.44 bits per heavy atom. The number of amides is 1. The molecule has 2 fully saturated rings. The van der Waals surface area contributed by atoms with Crippen molar-refractivity contribution in [3.8, 4) is 0 Å². The second kappa shape index (κ2) is 5.41. The molecule has 16 heavy (non-hydrogen) atoms. The number of hydrogen-bond acceptors (Lipinski definition) is 3. The maximum Gasteiger partial charge on any atom is 0.252 e. The van der Waals surface area contributed by atoms with Crippen molar-refractivity contribution in [1.82, 2.24) is 5.32 Å². The molecule has 3 nitrogen and oxygen atoms in total. The maximum atomic E-state index is 12.0. The van der Waals surface area contributed by atoms with Gasteiger partial charge < -0.3 is 10.4 Å². The Kier molecular flexibility index (Phi) is 4.14. The van der Waals surface area contributed by atoms with Crippen molar-refractivity contribution < 1.29 is 9.90 Å². The molecule has 0 radical (unpaired) electrons. The SMILES string of the molecule is O=C(NC1CCCCC1)C1(O)CCSCC1. The fraction of sp³-hybridized carbons (Fsp3) is 0.917. The van der Waals surface area contributed by atoms with E-state index in [1.807, 2.05) is 11.8 Å². The van der Waals surface area contributed by atoms with Gasteiger partial charge in [0.15, 0.2) is 0 Å². The van der Waals surface area contributed by atoms with Crippen LogP contribution in [0.15, 0.2) is 0 Å². The highest BCUT2D eigenvalue weighted by Crippen LogP contribution is 2.28. The predicted octanol–water partition coefficient (Wildman–Crippen LogP) is 1.69. The summed E-state index contributed by atoms with van der Waals surface area (Å²) in [5.41, 5.74) is -1.08. The molecule has 0 unspecified atom stereocenters. The van der Waals surface area contributed by atoms with Crippen LogP contribution in [-0.4, -0.2) is 34.2 Å². The summed E-state index contributed by atoms with van der Waals surface area (Å²) in [4.78, 5) is 12.0. The minimum absolute atomic E-state index is 0.125. The first kappa shape index (κ1) is 12.2.